The average Bonchev–Trinajstić information content (AvgIpc) is 3.14. The number of rotatable bonds is 4. The number of amides is 1. The van der Waals surface area contributed by atoms with Gasteiger partial charge in [0.1, 0.15) is 6.33 Å². The first-order valence-electron chi connectivity index (χ1n) is 7.99. The highest BCUT2D eigenvalue weighted by atomic mass is 16.4. The van der Waals surface area contributed by atoms with Crippen molar-refractivity contribution in [3.05, 3.63) is 23.3 Å². The molecule has 2 aromatic rings. The molecule has 3 rings (SSSR count). The predicted octanol–water partition coefficient (Wildman–Crippen LogP) is 0.997. The van der Waals surface area contributed by atoms with E-state index in [9.17, 15) is 14.7 Å². The number of hydrogen-bond acceptors (Lipinski definition) is 5. The summed E-state index contributed by atoms with van der Waals surface area (Å²) in [6.07, 6.45) is 2.85. The third-order valence-electron chi connectivity index (χ3n) is 4.92. The van der Waals surface area contributed by atoms with E-state index in [1.54, 1.807) is 16.3 Å². The van der Waals surface area contributed by atoms with Gasteiger partial charge in [0.05, 0.1) is 5.41 Å². The normalized spacial score (nSPS) is 20.7. The molecule has 1 atom stereocenters. The molecule has 0 aromatic carbocycles. The minimum absolute atomic E-state index is 0.0162. The van der Waals surface area contributed by atoms with Gasteiger partial charge in [-0.1, -0.05) is 0 Å². The van der Waals surface area contributed by atoms with E-state index in [0.717, 1.165) is 17.0 Å². The fraction of sp³-hybridized carbons (Fsp3) is 0.562. The predicted molar refractivity (Wildman–Crippen MR) is 85.5 cm³/mol. The van der Waals surface area contributed by atoms with Crippen LogP contribution in [0.4, 0.5) is 0 Å². The van der Waals surface area contributed by atoms with Crippen molar-refractivity contribution in [2.24, 2.45) is 5.41 Å². The van der Waals surface area contributed by atoms with Gasteiger partial charge < -0.3 is 10.0 Å². The van der Waals surface area contributed by atoms with Crippen LogP contribution in [0.15, 0.2) is 6.33 Å². The molecule has 1 unspecified atom stereocenters. The van der Waals surface area contributed by atoms with Crippen molar-refractivity contribution in [1.29, 1.82) is 0 Å². The van der Waals surface area contributed by atoms with Crippen molar-refractivity contribution in [2.45, 2.75) is 40.0 Å². The molecule has 24 heavy (non-hydrogen) atoms. The Morgan fingerprint density at radius 1 is 1.38 bits per heavy atom. The van der Waals surface area contributed by atoms with Gasteiger partial charge in [-0.15, -0.1) is 0 Å². The Morgan fingerprint density at radius 2 is 2.12 bits per heavy atom. The molecule has 8 heteroatoms. The number of carbonyl (C=O) groups excluding carboxylic acids is 1. The molecule has 1 aliphatic heterocycles. The van der Waals surface area contributed by atoms with E-state index < -0.39 is 11.4 Å². The van der Waals surface area contributed by atoms with Crippen molar-refractivity contribution in [3.8, 4) is 0 Å². The van der Waals surface area contributed by atoms with Crippen LogP contribution in [0.3, 0.4) is 0 Å². The number of carboxylic acids is 1. The van der Waals surface area contributed by atoms with Gasteiger partial charge in [-0.3, -0.25) is 9.59 Å². The Kier molecular flexibility index (Phi) is 3.98. The summed E-state index contributed by atoms with van der Waals surface area (Å²) < 4.78 is 1.67. The van der Waals surface area contributed by atoms with E-state index >= 15 is 0 Å². The molecule has 3 heterocycles. The van der Waals surface area contributed by atoms with Crippen LogP contribution in [0.2, 0.25) is 0 Å². The molecular formula is C16H21N5O3. The Morgan fingerprint density at radius 3 is 2.79 bits per heavy atom. The summed E-state index contributed by atoms with van der Waals surface area (Å²) in [7, 11) is 0. The zero-order valence-corrected chi connectivity index (χ0v) is 14.1. The standard InChI is InChI=1S/C16H21N5O3/c1-10-12(11(2)21-15(19-10)17-9-18-21)4-5-13(22)20-7-6-16(3,8-20)14(23)24/h9H,4-8H2,1-3H3,(H,23,24). The smallest absolute Gasteiger partial charge is 0.311 e. The molecule has 0 aliphatic carbocycles. The SMILES string of the molecule is Cc1nc2ncnn2c(C)c1CCC(=O)N1CCC(C)(C(=O)O)C1. The van der Waals surface area contributed by atoms with Crippen LogP contribution in [-0.2, 0) is 16.0 Å². The fourth-order valence-corrected chi connectivity index (χ4v) is 3.26. The number of carbonyl (C=O) groups is 2. The number of likely N-dealkylation sites (tertiary alicyclic amines) is 1. The second-order valence-corrected chi connectivity index (χ2v) is 6.66. The molecule has 1 N–H and O–H groups in total. The Balaban J connectivity index is 1.70. The summed E-state index contributed by atoms with van der Waals surface area (Å²) in [4.78, 5) is 33.9. The molecule has 0 radical (unpaired) electrons. The number of carboxylic acid groups (broad SMARTS) is 1. The molecule has 2 aromatic heterocycles. The van der Waals surface area contributed by atoms with Crippen LogP contribution in [0, 0.1) is 19.3 Å². The molecule has 128 valence electrons. The summed E-state index contributed by atoms with van der Waals surface area (Å²) >= 11 is 0. The van der Waals surface area contributed by atoms with E-state index in [1.807, 2.05) is 13.8 Å². The number of hydrogen-bond donors (Lipinski definition) is 1. The van der Waals surface area contributed by atoms with Crippen molar-refractivity contribution >= 4 is 17.7 Å². The van der Waals surface area contributed by atoms with E-state index in [1.165, 1.54) is 6.33 Å². The second-order valence-electron chi connectivity index (χ2n) is 6.66. The Labute approximate surface area is 139 Å². The highest BCUT2D eigenvalue weighted by Crippen LogP contribution is 2.30. The third kappa shape index (κ3) is 2.72. The van der Waals surface area contributed by atoms with Gasteiger partial charge in [-0.25, -0.2) is 9.50 Å². The maximum Gasteiger partial charge on any atom is 0.311 e. The summed E-state index contributed by atoms with van der Waals surface area (Å²) in [5, 5.41) is 13.4. The molecular weight excluding hydrogens is 310 g/mol. The second kappa shape index (κ2) is 5.85. The molecule has 0 bridgehead atoms. The van der Waals surface area contributed by atoms with Crippen LogP contribution >= 0.6 is 0 Å². The minimum atomic E-state index is -0.842. The number of aromatic nitrogens is 4. The topological polar surface area (TPSA) is 101 Å². The first-order valence-corrected chi connectivity index (χ1v) is 7.99. The van der Waals surface area contributed by atoms with Crippen LogP contribution in [-0.4, -0.2) is 54.6 Å². The van der Waals surface area contributed by atoms with Crippen LogP contribution in [0.25, 0.3) is 5.78 Å². The van der Waals surface area contributed by atoms with Gasteiger partial charge in [0, 0.05) is 30.9 Å². The van der Waals surface area contributed by atoms with Crippen molar-refractivity contribution in [1.82, 2.24) is 24.5 Å². The first-order chi connectivity index (χ1) is 11.3. The van der Waals surface area contributed by atoms with Crippen LogP contribution in [0.5, 0.6) is 0 Å². The first kappa shape index (κ1) is 16.4. The third-order valence-corrected chi connectivity index (χ3v) is 4.92. The van der Waals surface area contributed by atoms with E-state index in [4.69, 9.17) is 0 Å². The van der Waals surface area contributed by atoms with E-state index in [2.05, 4.69) is 15.1 Å². The van der Waals surface area contributed by atoms with Gasteiger partial charge in [0.2, 0.25) is 5.91 Å². The maximum atomic E-state index is 12.4. The molecule has 8 nitrogen and oxygen atoms in total. The summed E-state index contributed by atoms with van der Waals surface area (Å²) in [5.74, 6) is -0.306. The highest BCUT2D eigenvalue weighted by Gasteiger charge is 2.41. The quantitative estimate of drug-likeness (QED) is 0.897. The molecule has 1 aliphatic rings. The Bertz CT molecular complexity index is 815. The van der Waals surface area contributed by atoms with Crippen LogP contribution in [0.1, 0.15) is 36.7 Å². The largest absolute Gasteiger partial charge is 0.481 e. The highest BCUT2D eigenvalue weighted by molar-refractivity contribution is 5.80. The number of nitrogens with zero attached hydrogens (tertiary/aromatic N) is 5. The Hall–Kier alpha value is -2.51. The maximum absolute atomic E-state index is 12.4. The monoisotopic (exact) mass is 331 g/mol. The molecule has 1 amide bonds. The average molecular weight is 331 g/mol. The fourth-order valence-electron chi connectivity index (χ4n) is 3.26. The van der Waals surface area contributed by atoms with Crippen molar-refractivity contribution in [3.63, 3.8) is 0 Å². The van der Waals surface area contributed by atoms with Gasteiger partial charge >= 0.3 is 5.97 Å². The lowest BCUT2D eigenvalue weighted by Crippen LogP contribution is -2.35. The lowest BCUT2D eigenvalue weighted by molar-refractivity contribution is -0.147. The number of aryl methyl sites for hydroxylation is 2. The summed E-state index contributed by atoms with van der Waals surface area (Å²) in [6.45, 7) is 6.31. The molecule has 1 fully saturated rings. The minimum Gasteiger partial charge on any atom is -0.481 e. The number of aliphatic carboxylic acids is 1. The number of fused-ring (bicyclic) bond motifs is 1. The summed E-state index contributed by atoms with van der Waals surface area (Å²) in [6, 6.07) is 0. The van der Waals surface area contributed by atoms with Crippen LogP contribution < -0.4 is 0 Å². The lowest BCUT2D eigenvalue weighted by Gasteiger charge is -2.20. The molecule has 1 saturated heterocycles. The van der Waals surface area contributed by atoms with Gasteiger partial charge in [0.25, 0.3) is 5.78 Å². The van der Waals surface area contributed by atoms with Gasteiger partial charge in [0.15, 0.2) is 0 Å². The summed E-state index contributed by atoms with van der Waals surface area (Å²) in [5.41, 5.74) is 1.93. The van der Waals surface area contributed by atoms with E-state index in [0.29, 0.717) is 31.6 Å². The van der Waals surface area contributed by atoms with Crippen molar-refractivity contribution in [2.75, 3.05) is 13.1 Å². The van der Waals surface area contributed by atoms with Gasteiger partial charge in [-0.2, -0.15) is 10.1 Å². The van der Waals surface area contributed by atoms with Crippen molar-refractivity contribution < 1.29 is 14.7 Å². The zero-order chi connectivity index (χ0) is 17.5. The molecule has 0 spiro atoms. The van der Waals surface area contributed by atoms with Gasteiger partial charge in [-0.05, 0) is 39.2 Å². The lowest BCUT2D eigenvalue weighted by atomic mass is 9.90. The van der Waals surface area contributed by atoms with E-state index in [-0.39, 0.29) is 12.5 Å². The molecule has 0 saturated carbocycles. The zero-order valence-electron chi connectivity index (χ0n) is 14.1.